The molecule has 0 unspecified atom stereocenters. The van der Waals surface area contributed by atoms with E-state index in [2.05, 4.69) is 10.3 Å². The Morgan fingerprint density at radius 2 is 1.92 bits per heavy atom. The molecule has 6 nitrogen and oxygen atoms in total. The van der Waals surface area contributed by atoms with Gasteiger partial charge in [0.05, 0.1) is 6.10 Å². The van der Waals surface area contributed by atoms with E-state index in [0.717, 1.165) is 5.56 Å². The first-order chi connectivity index (χ1) is 11.5. The van der Waals surface area contributed by atoms with Gasteiger partial charge in [-0.15, -0.1) is 0 Å². The minimum Gasteiger partial charge on any atom is -0.489 e. The van der Waals surface area contributed by atoms with Gasteiger partial charge in [-0.05, 0) is 50.1 Å². The van der Waals surface area contributed by atoms with Gasteiger partial charge in [-0.2, -0.15) is 0 Å². The monoisotopic (exact) mass is 328 g/mol. The lowest BCUT2D eigenvalue weighted by Crippen LogP contribution is -2.17. The van der Waals surface area contributed by atoms with Crippen LogP contribution in [0.4, 0.5) is 5.69 Å². The molecule has 2 aromatic rings. The van der Waals surface area contributed by atoms with Crippen LogP contribution in [-0.2, 0) is 11.2 Å². The van der Waals surface area contributed by atoms with Gasteiger partial charge in [0.15, 0.2) is 11.4 Å². The summed E-state index contributed by atoms with van der Waals surface area (Å²) in [6.45, 7) is 3.76. The number of nitrogens with one attached hydrogen (secondary N) is 1. The zero-order chi connectivity index (χ0) is 17.5. The summed E-state index contributed by atoms with van der Waals surface area (Å²) in [5.74, 6) is -0.757. The molecule has 1 aromatic carbocycles. The van der Waals surface area contributed by atoms with Gasteiger partial charge in [-0.25, -0.2) is 4.98 Å². The second-order valence-electron chi connectivity index (χ2n) is 5.56. The molecular formula is C18H20N2O4. The van der Waals surface area contributed by atoms with Crippen LogP contribution >= 0.6 is 0 Å². The van der Waals surface area contributed by atoms with Crippen LogP contribution in [0.3, 0.4) is 0 Å². The summed E-state index contributed by atoms with van der Waals surface area (Å²) in [5.41, 5.74) is 1.73. The first-order valence-corrected chi connectivity index (χ1v) is 7.69. The van der Waals surface area contributed by atoms with Crippen molar-refractivity contribution < 1.29 is 19.4 Å². The van der Waals surface area contributed by atoms with Crippen LogP contribution in [0.15, 0.2) is 42.6 Å². The van der Waals surface area contributed by atoms with Crippen LogP contribution in [0, 0.1) is 0 Å². The average molecular weight is 328 g/mol. The molecule has 1 amide bonds. The van der Waals surface area contributed by atoms with Crippen molar-refractivity contribution in [3.63, 3.8) is 0 Å². The van der Waals surface area contributed by atoms with Crippen molar-refractivity contribution in [3.8, 4) is 5.75 Å². The number of pyridine rings is 1. The minimum atomic E-state index is -0.833. The summed E-state index contributed by atoms with van der Waals surface area (Å²) in [6.07, 6.45) is 2.01. The van der Waals surface area contributed by atoms with E-state index >= 15 is 0 Å². The Hall–Kier alpha value is -2.89. The maximum Gasteiger partial charge on any atom is 0.303 e. The number of aliphatic carboxylic acids is 1. The van der Waals surface area contributed by atoms with E-state index in [-0.39, 0.29) is 24.1 Å². The zero-order valence-corrected chi connectivity index (χ0v) is 13.7. The maximum absolute atomic E-state index is 12.4. The number of benzene rings is 1. The van der Waals surface area contributed by atoms with Crippen LogP contribution in [0.2, 0.25) is 0 Å². The summed E-state index contributed by atoms with van der Waals surface area (Å²) in [5, 5.41) is 11.5. The Morgan fingerprint density at radius 1 is 1.21 bits per heavy atom. The van der Waals surface area contributed by atoms with Crippen molar-refractivity contribution in [2.45, 2.75) is 32.8 Å². The number of ether oxygens (including phenoxy) is 1. The number of hydrogen-bond donors (Lipinski definition) is 2. The molecule has 2 N–H and O–H groups in total. The number of nitrogens with zero attached hydrogens (tertiary/aromatic N) is 1. The fraction of sp³-hybridized carbons (Fsp3) is 0.278. The average Bonchev–Trinajstić information content (AvgIpc) is 2.54. The molecule has 126 valence electrons. The third-order valence-corrected chi connectivity index (χ3v) is 3.19. The molecule has 0 spiro atoms. The molecule has 1 aromatic heterocycles. The molecule has 0 atom stereocenters. The first-order valence-electron chi connectivity index (χ1n) is 7.69. The molecule has 6 heteroatoms. The number of anilines is 1. The SMILES string of the molecule is CC(C)Oc1cccnc1C(=O)Nc1ccc(CCC(=O)O)cc1. The Morgan fingerprint density at radius 3 is 2.54 bits per heavy atom. The quantitative estimate of drug-likeness (QED) is 0.815. The lowest BCUT2D eigenvalue weighted by Gasteiger charge is -2.13. The molecule has 0 radical (unpaired) electrons. The minimum absolute atomic E-state index is 0.0609. The predicted molar refractivity (Wildman–Crippen MR) is 90.4 cm³/mol. The summed E-state index contributed by atoms with van der Waals surface area (Å²) in [6, 6.07) is 10.5. The van der Waals surface area contributed by atoms with E-state index in [1.165, 1.54) is 6.20 Å². The number of carbonyl (C=O) groups excluding carboxylic acids is 1. The van der Waals surface area contributed by atoms with E-state index in [1.54, 1.807) is 36.4 Å². The molecule has 1 heterocycles. The Labute approximate surface area is 140 Å². The Balaban J connectivity index is 2.06. The summed E-state index contributed by atoms with van der Waals surface area (Å²) < 4.78 is 5.60. The van der Waals surface area contributed by atoms with Gasteiger partial charge in [-0.1, -0.05) is 12.1 Å². The molecule has 2 rings (SSSR count). The second kappa shape index (κ2) is 8.10. The number of aryl methyl sites for hydroxylation is 1. The normalized spacial score (nSPS) is 10.5. The molecule has 24 heavy (non-hydrogen) atoms. The van der Waals surface area contributed by atoms with Crippen molar-refractivity contribution in [1.82, 2.24) is 4.98 Å². The van der Waals surface area contributed by atoms with E-state index in [0.29, 0.717) is 17.9 Å². The van der Waals surface area contributed by atoms with Crippen LogP contribution < -0.4 is 10.1 Å². The molecule has 0 bridgehead atoms. The number of hydrogen-bond acceptors (Lipinski definition) is 4. The lowest BCUT2D eigenvalue weighted by atomic mass is 10.1. The highest BCUT2D eigenvalue weighted by atomic mass is 16.5. The lowest BCUT2D eigenvalue weighted by molar-refractivity contribution is -0.136. The fourth-order valence-corrected chi connectivity index (χ4v) is 2.11. The smallest absolute Gasteiger partial charge is 0.303 e. The molecular weight excluding hydrogens is 308 g/mol. The van der Waals surface area contributed by atoms with Crippen molar-refractivity contribution in [2.24, 2.45) is 0 Å². The number of carbonyl (C=O) groups is 2. The summed E-state index contributed by atoms with van der Waals surface area (Å²) in [7, 11) is 0. The Kier molecular flexibility index (Phi) is 5.89. The number of aromatic nitrogens is 1. The molecule has 0 aliphatic carbocycles. The van der Waals surface area contributed by atoms with Crippen LogP contribution in [0.1, 0.15) is 36.3 Å². The predicted octanol–water partition coefficient (Wildman–Crippen LogP) is 3.14. The van der Waals surface area contributed by atoms with Gasteiger partial charge < -0.3 is 15.2 Å². The van der Waals surface area contributed by atoms with Gasteiger partial charge in [0.2, 0.25) is 0 Å². The summed E-state index contributed by atoms with van der Waals surface area (Å²) >= 11 is 0. The molecule has 0 fully saturated rings. The number of carboxylic acids is 1. The Bertz CT molecular complexity index is 711. The van der Waals surface area contributed by atoms with Crippen molar-refractivity contribution in [3.05, 3.63) is 53.9 Å². The third kappa shape index (κ3) is 5.08. The van der Waals surface area contributed by atoms with Crippen molar-refractivity contribution in [2.75, 3.05) is 5.32 Å². The van der Waals surface area contributed by atoms with Gasteiger partial charge in [0.1, 0.15) is 0 Å². The topological polar surface area (TPSA) is 88.5 Å². The number of amides is 1. The van der Waals surface area contributed by atoms with E-state index in [4.69, 9.17) is 9.84 Å². The van der Waals surface area contributed by atoms with Crippen molar-refractivity contribution >= 4 is 17.6 Å². The zero-order valence-electron chi connectivity index (χ0n) is 13.7. The van der Waals surface area contributed by atoms with Crippen molar-refractivity contribution in [1.29, 1.82) is 0 Å². The van der Waals surface area contributed by atoms with Crippen LogP contribution in [0.5, 0.6) is 5.75 Å². The maximum atomic E-state index is 12.4. The van der Waals surface area contributed by atoms with E-state index in [1.807, 2.05) is 13.8 Å². The largest absolute Gasteiger partial charge is 0.489 e. The molecule has 0 aliphatic heterocycles. The first kappa shape index (κ1) is 17.5. The highest BCUT2D eigenvalue weighted by molar-refractivity contribution is 6.04. The van der Waals surface area contributed by atoms with E-state index < -0.39 is 5.97 Å². The second-order valence-corrected chi connectivity index (χ2v) is 5.56. The van der Waals surface area contributed by atoms with Crippen LogP contribution in [0.25, 0.3) is 0 Å². The van der Waals surface area contributed by atoms with Gasteiger partial charge in [0, 0.05) is 18.3 Å². The van der Waals surface area contributed by atoms with E-state index in [9.17, 15) is 9.59 Å². The van der Waals surface area contributed by atoms with Gasteiger partial charge in [-0.3, -0.25) is 9.59 Å². The third-order valence-electron chi connectivity index (χ3n) is 3.19. The van der Waals surface area contributed by atoms with Crippen LogP contribution in [-0.4, -0.2) is 28.1 Å². The standard InChI is InChI=1S/C18H20N2O4/c1-12(2)24-15-4-3-11-19-17(15)18(23)20-14-8-5-13(6-9-14)7-10-16(21)22/h3-6,8-9,11-12H,7,10H2,1-2H3,(H,20,23)(H,21,22). The highest BCUT2D eigenvalue weighted by Crippen LogP contribution is 2.19. The summed E-state index contributed by atoms with van der Waals surface area (Å²) in [4.78, 5) is 27.1. The number of rotatable bonds is 7. The van der Waals surface area contributed by atoms with Gasteiger partial charge in [0.25, 0.3) is 5.91 Å². The molecule has 0 saturated heterocycles. The highest BCUT2D eigenvalue weighted by Gasteiger charge is 2.15. The number of carboxylic acid groups (broad SMARTS) is 1. The molecule has 0 aliphatic rings. The fourth-order valence-electron chi connectivity index (χ4n) is 2.11. The van der Waals surface area contributed by atoms with Gasteiger partial charge >= 0.3 is 5.97 Å². The molecule has 0 saturated carbocycles.